The summed E-state index contributed by atoms with van der Waals surface area (Å²) in [5, 5.41) is 12.1. The van der Waals surface area contributed by atoms with Crippen LogP contribution in [0.5, 0.6) is 5.75 Å². The van der Waals surface area contributed by atoms with Gasteiger partial charge in [-0.1, -0.05) is 48.5 Å². The van der Waals surface area contributed by atoms with E-state index in [1.807, 2.05) is 18.2 Å². The van der Waals surface area contributed by atoms with Gasteiger partial charge in [0.1, 0.15) is 12.3 Å². The number of hydrogen-bond acceptors (Lipinski definition) is 3. The molecule has 1 aliphatic rings. The van der Waals surface area contributed by atoms with Crippen molar-refractivity contribution in [2.75, 3.05) is 26.2 Å². The van der Waals surface area contributed by atoms with E-state index in [-0.39, 0.29) is 5.75 Å². The van der Waals surface area contributed by atoms with Crippen LogP contribution in [0.3, 0.4) is 0 Å². The maximum absolute atomic E-state index is 9.91. The lowest BCUT2D eigenvalue weighted by Crippen LogP contribution is -3.13. The third-order valence-electron chi connectivity index (χ3n) is 4.57. The van der Waals surface area contributed by atoms with Gasteiger partial charge in [0.25, 0.3) is 0 Å². The topological polar surface area (TPSA) is 39.9 Å². The van der Waals surface area contributed by atoms with E-state index < -0.39 is 0 Å². The van der Waals surface area contributed by atoms with Crippen molar-refractivity contribution in [1.29, 1.82) is 0 Å². The summed E-state index contributed by atoms with van der Waals surface area (Å²) in [6.45, 7) is 11.4. The molecule has 0 spiro atoms. The smallest absolute Gasteiger partial charge is 0.124 e. The third-order valence-corrected chi connectivity index (χ3v) is 4.57. The number of piperazine rings is 1. The number of nitrogens with zero attached hydrogens (tertiary/aromatic N) is 1. The largest absolute Gasteiger partial charge is 0.507 e. The van der Waals surface area contributed by atoms with Crippen molar-refractivity contribution in [3.8, 4) is 5.75 Å². The number of hydrogen-bond donors (Lipinski definition) is 3. The molecule has 0 aromatic heterocycles. The second kappa shape index (κ2) is 7.51. The molecule has 1 saturated heterocycles. The van der Waals surface area contributed by atoms with Crippen molar-refractivity contribution in [1.82, 2.24) is 10.4 Å². The van der Waals surface area contributed by atoms with Crippen molar-refractivity contribution in [2.24, 2.45) is 0 Å². The fourth-order valence-electron chi connectivity index (χ4n) is 3.09. The average molecular weight is 324 g/mol. The van der Waals surface area contributed by atoms with Gasteiger partial charge in [0.05, 0.1) is 31.9 Å². The van der Waals surface area contributed by atoms with Crippen LogP contribution in [-0.2, 0) is 6.54 Å². The van der Waals surface area contributed by atoms with Gasteiger partial charge in [-0.05, 0) is 19.1 Å². The molecule has 0 bridgehead atoms. The molecule has 3 N–H and O–H groups in total. The van der Waals surface area contributed by atoms with Crippen molar-refractivity contribution < 1.29 is 10.0 Å². The minimum Gasteiger partial charge on any atom is -0.507 e. The Morgan fingerprint density at radius 2 is 1.79 bits per heavy atom. The first-order valence-corrected chi connectivity index (χ1v) is 8.50. The lowest BCUT2D eigenvalue weighted by Gasteiger charge is -2.33. The second-order valence-corrected chi connectivity index (χ2v) is 6.51. The second-order valence-electron chi connectivity index (χ2n) is 6.51. The van der Waals surface area contributed by atoms with Gasteiger partial charge in [0, 0.05) is 11.1 Å². The van der Waals surface area contributed by atoms with Crippen LogP contribution < -0.4 is 10.3 Å². The lowest BCUT2D eigenvalue weighted by molar-refractivity contribution is -0.918. The van der Waals surface area contributed by atoms with E-state index in [1.165, 1.54) is 11.1 Å². The molecule has 126 valence electrons. The quantitative estimate of drug-likeness (QED) is 0.782. The van der Waals surface area contributed by atoms with Gasteiger partial charge in [-0.15, -0.1) is 0 Å². The van der Waals surface area contributed by atoms with E-state index >= 15 is 0 Å². The highest BCUT2D eigenvalue weighted by Gasteiger charge is 2.20. The Morgan fingerprint density at radius 3 is 2.46 bits per heavy atom. The summed E-state index contributed by atoms with van der Waals surface area (Å²) in [4.78, 5) is 1.60. The number of phenols is 1. The molecular weight excluding hydrogens is 298 g/mol. The minimum atomic E-state index is 0.263. The van der Waals surface area contributed by atoms with Crippen LogP contribution >= 0.6 is 0 Å². The highest BCUT2D eigenvalue weighted by molar-refractivity contribution is 5.66. The lowest BCUT2D eigenvalue weighted by atomic mass is 10.1. The number of aromatic hydroxyl groups is 1. The number of para-hydroxylation sites is 1. The molecule has 2 aromatic rings. The standard InChI is InChI=1S/C20H25N3O/c1-16-7-9-18(10-8-16)15-22-11-13-23(14-12-22)21-17(2)19-5-3-4-6-20(19)24/h3-10,21,24H,2,11-15H2,1H3/p+1. The molecular formula is C20H26N3O+. The van der Waals surface area contributed by atoms with Crippen LogP contribution in [0.2, 0.25) is 0 Å². The van der Waals surface area contributed by atoms with Gasteiger partial charge < -0.3 is 15.4 Å². The van der Waals surface area contributed by atoms with Gasteiger partial charge in [-0.2, -0.15) is 0 Å². The van der Waals surface area contributed by atoms with Gasteiger partial charge >= 0.3 is 0 Å². The molecule has 2 aromatic carbocycles. The van der Waals surface area contributed by atoms with Gasteiger partial charge in [-0.25, -0.2) is 5.01 Å². The molecule has 0 radical (unpaired) electrons. The monoisotopic (exact) mass is 324 g/mol. The summed E-state index contributed by atoms with van der Waals surface area (Å²) in [5.74, 6) is 0.263. The van der Waals surface area contributed by atoms with E-state index in [4.69, 9.17) is 0 Å². The molecule has 0 aliphatic carbocycles. The molecule has 24 heavy (non-hydrogen) atoms. The Morgan fingerprint density at radius 1 is 1.12 bits per heavy atom. The zero-order valence-electron chi connectivity index (χ0n) is 14.3. The maximum atomic E-state index is 9.91. The summed E-state index contributed by atoms with van der Waals surface area (Å²) < 4.78 is 0. The van der Waals surface area contributed by atoms with E-state index in [9.17, 15) is 5.11 Å². The zero-order chi connectivity index (χ0) is 16.9. The van der Waals surface area contributed by atoms with Crippen LogP contribution in [0, 0.1) is 6.92 Å². The first kappa shape index (κ1) is 16.6. The summed E-state index contributed by atoms with van der Waals surface area (Å²) >= 11 is 0. The normalized spacial score (nSPS) is 16.0. The summed E-state index contributed by atoms with van der Waals surface area (Å²) in [7, 11) is 0. The summed E-state index contributed by atoms with van der Waals surface area (Å²) in [5.41, 5.74) is 7.54. The molecule has 0 atom stereocenters. The molecule has 1 aliphatic heterocycles. The molecule has 0 amide bonds. The summed E-state index contributed by atoms with van der Waals surface area (Å²) in [6, 6.07) is 16.1. The number of hydrazine groups is 1. The highest BCUT2D eigenvalue weighted by atomic mass is 16.3. The number of rotatable bonds is 5. The fraction of sp³-hybridized carbons (Fsp3) is 0.300. The Kier molecular flexibility index (Phi) is 5.18. The van der Waals surface area contributed by atoms with Gasteiger partial charge in [0.15, 0.2) is 0 Å². The molecule has 4 nitrogen and oxygen atoms in total. The minimum absolute atomic E-state index is 0.263. The number of phenolic OH excluding ortho intramolecular Hbond substituents is 1. The molecule has 1 heterocycles. The fourth-order valence-corrected chi connectivity index (χ4v) is 3.09. The Labute approximate surface area is 144 Å². The van der Waals surface area contributed by atoms with Crippen LogP contribution in [0.4, 0.5) is 0 Å². The van der Waals surface area contributed by atoms with Crippen LogP contribution in [0.15, 0.2) is 55.1 Å². The zero-order valence-corrected chi connectivity index (χ0v) is 14.3. The van der Waals surface area contributed by atoms with E-state index in [2.05, 4.69) is 48.2 Å². The number of aryl methyl sites for hydroxylation is 1. The van der Waals surface area contributed by atoms with Crippen LogP contribution in [-0.4, -0.2) is 36.3 Å². The Bertz CT molecular complexity index is 688. The van der Waals surface area contributed by atoms with Crippen molar-refractivity contribution in [3.05, 3.63) is 71.8 Å². The number of quaternary nitrogens is 1. The Balaban J connectivity index is 1.49. The third kappa shape index (κ3) is 4.16. The van der Waals surface area contributed by atoms with E-state index in [0.29, 0.717) is 0 Å². The maximum Gasteiger partial charge on any atom is 0.124 e. The van der Waals surface area contributed by atoms with Crippen molar-refractivity contribution in [2.45, 2.75) is 13.5 Å². The predicted molar refractivity (Wildman–Crippen MR) is 97.4 cm³/mol. The molecule has 0 unspecified atom stereocenters. The van der Waals surface area contributed by atoms with E-state index in [0.717, 1.165) is 44.0 Å². The van der Waals surface area contributed by atoms with Crippen LogP contribution in [0.25, 0.3) is 5.70 Å². The van der Waals surface area contributed by atoms with Crippen LogP contribution in [0.1, 0.15) is 16.7 Å². The van der Waals surface area contributed by atoms with Gasteiger partial charge in [-0.3, -0.25) is 0 Å². The van der Waals surface area contributed by atoms with E-state index in [1.54, 1.807) is 11.0 Å². The first-order valence-electron chi connectivity index (χ1n) is 8.50. The van der Waals surface area contributed by atoms with Crippen molar-refractivity contribution in [3.63, 3.8) is 0 Å². The summed E-state index contributed by atoms with van der Waals surface area (Å²) in [6.07, 6.45) is 0. The molecule has 4 heteroatoms. The van der Waals surface area contributed by atoms with Gasteiger partial charge in [0.2, 0.25) is 0 Å². The van der Waals surface area contributed by atoms with Crippen molar-refractivity contribution >= 4 is 5.70 Å². The average Bonchev–Trinajstić information content (AvgIpc) is 2.59. The molecule has 0 saturated carbocycles. The molecule has 1 fully saturated rings. The molecule has 3 rings (SSSR count). The highest BCUT2D eigenvalue weighted by Crippen LogP contribution is 2.21. The predicted octanol–water partition coefficient (Wildman–Crippen LogP) is 1.58. The number of benzene rings is 2. The Hall–Kier alpha value is -2.30. The first-order chi connectivity index (χ1) is 11.6. The SMILES string of the molecule is C=C(NN1CC[NH+](Cc2ccc(C)cc2)CC1)c1ccccc1O. The number of nitrogens with one attached hydrogen (secondary N) is 2.